The highest BCUT2D eigenvalue weighted by atomic mass is 19.2. The molecule has 0 nitrogen and oxygen atoms in total. The largest absolute Gasteiger partial charge is 0.206 e. The minimum atomic E-state index is -1.67. The Morgan fingerprint density at radius 1 is 0.846 bits per heavy atom. The third kappa shape index (κ3) is 3.67. The Kier molecular flexibility index (Phi) is 5.44. The molecular weight excluding hydrogens is 347 g/mol. The lowest BCUT2D eigenvalue weighted by Crippen LogP contribution is -2.06. The van der Waals surface area contributed by atoms with E-state index in [9.17, 15) is 22.0 Å². The lowest BCUT2D eigenvalue weighted by Gasteiger charge is -2.22. The summed E-state index contributed by atoms with van der Waals surface area (Å²) in [5.74, 6) is -5.90. The molecule has 3 rings (SSSR count). The number of rotatable bonds is 4. The van der Waals surface area contributed by atoms with Crippen LogP contribution in [-0.2, 0) is 0 Å². The van der Waals surface area contributed by atoms with Crippen LogP contribution in [0.5, 0.6) is 0 Å². The first-order chi connectivity index (χ1) is 12.4. The van der Waals surface area contributed by atoms with Crippen LogP contribution in [0.15, 0.2) is 30.3 Å². The van der Waals surface area contributed by atoms with E-state index in [1.807, 2.05) is 6.08 Å². The van der Waals surface area contributed by atoms with Gasteiger partial charge in [-0.25, -0.2) is 22.0 Å². The fourth-order valence-corrected chi connectivity index (χ4v) is 3.56. The van der Waals surface area contributed by atoms with Gasteiger partial charge in [0.15, 0.2) is 17.5 Å². The first-order valence-electron chi connectivity index (χ1n) is 8.74. The lowest BCUT2D eigenvalue weighted by molar-refractivity contribution is 0.445. The highest BCUT2D eigenvalue weighted by Crippen LogP contribution is 2.36. The summed E-state index contributed by atoms with van der Waals surface area (Å²) in [5.41, 5.74) is 0.371. The van der Waals surface area contributed by atoms with Crippen LogP contribution in [0.3, 0.4) is 0 Å². The molecule has 0 fully saturated rings. The third-order valence-corrected chi connectivity index (χ3v) is 4.90. The normalized spacial score (nSPS) is 17.3. The molecule has 0 radical (unpaired) electrons. The second-order valence-electron chi connectivity index (χ2n) is 6.73. The van der Waals surface area contributed by atoms with Gasteiger partial charge in [-0.3, -0.25) is 0 Å². The standard InChI is InChI=1S/C21H19F5/c1-2-3-12-4-6-13(7-5-12)14-8-16(22)20(17(23)9-14)15-10-18(24)21(26)19(25)11-15/h6,8-12H,2-5,7H2,1H3. The molecule has 0 aromatic heterocycles. The Balaban J connectivity index is 1.95. The Bertz CT molecular complexity index is 807. The van der Waals surface area contributed by atoms with Crippen LogP contribution in [0.25, 0.3) is 16.7 Å². The zero-order chi connectivity index (χ0) is 18.8. The van der Waals surface area contributed by atoms with E-state index in [4.69, 9.17) is 0 Å². The zero-order valence-corrected chi connectivity index (χ0v) is 14.4. The molecule has 0 saturated heterocycles. The SMILES string of the molecule is CCCC1CC=C(c2cc(F)c(-c3cc(F)c(F)c(F)c3)c(F)c2)CC1. The Labute approximate surface area is 149 Å². The van der Waals surface area contributed by atoms with Gasteiger partial charge in [0.25, 0.3) is 0 Å². The molecule has 0 bridgehead atoms. The van der Waals surface area contributed by atoms with E-state index in [2.05, 4.69) is 6.92 Å². The maximum atomic E-state index is 14.5. The molecule has 0 N–H and O–H groups in total. The monoisotopic (exact) mass is 366 g/mol. The van der Waals surface area contributed by atoms with E-state index in [-0.39, 0.29) is 5.56 Å². The smallest absolute Gasteiger partial charge is 0.194 e. The summed E-state index contributed by atoms with van der Waals surface area (Å²) in [5, 5.41) is 0. The van der Waals surface area contributed by atoms with Crippen molar-refractivity contribution in [3.63, 3.8) is 0 Å². The fraction of sp³-hybridized carbons (Fsp3) is 0.333. The molecule has 5 heteroatoms. The number of halogens is 5. The molecule has 26 heavy (non-hydrogen) atoms. The summed E-state index contributed by atoms with van der Waals surface area (Å²) in [6, 6.07) is 3.52. The van der Waals surface area contributed by atoms with E-state index in [1.54, 1.807) is 0 Å². The molecule has 138 valence electrons. The van der Waals surface area contributed by atoms with Crippen LogP contribution in [0.4, 0.5) is 22.0 Å². The minimum Gasteiger partial charge on any atom is -0.206 e. The number of benzene rings is 2. The topological polar surface area (TPSA) is 0 Å². The molecule has 1 atom stereocenters. The number of hydrogen-bond donors (Lipinski definition) is 0. The average Bonchev–Trinajstić information content (AvgIpc) is 2.60. The molecule has 2 aromatic rings. The van der Waals surface area contributed by atoms with Crippen LogP contribution in [-0.4, -0.2) is 0 Å². The van der Waals surface area contributed by atoms with Gasteiger partial charge < -0.3 is 0 Å². The van der Waals surface area contributed by atoms with Crippen LogP contribution >= 0.6 is 0 Å². The van der Waals surface area contributed by atoms with Gasteiger partial charge in [-0.2, -0.15) is 0 Å². The minimum absolute atomic E-state index is 0.372. The first-order valence-corrected chi connectivity index (χ1v) is 8.74. The van der Waals surface area contributed by atoms with E-state index in [0.29, 0.717) is 23.6 Å². The molecule has 0 spiro atoms. The van der Waals surface area contributed by atoms with Crippen molar-refractivity contribution >= 4 is 5.57 Å². The number of allylic oxidation sites excluding steroid dienone is 2. The summed E-state index contributed by atoms with van der Waals surface area (Å²) >= 11 is 0. The van der Waals surface area contributed by atoms with Gasteiger partial charge in [-0.1, -0.05) is 25.8 Å². The summed E-state index contributed by atoms with van der Waals surface area (Å²) in [6.45, 7) is 2.13. The van der Waals surface area contributed by atoms with E-state index >= 15 is 0 Å². The first kappa shape index (κ1) is 18.6. The van der Waals surface area contributed by atoms with Crippen LogP contribution < -0.4 is 0 Å². The molecule has 1 aliphatic rings. The Hall–Kier alpha value is -2.17. The zero-order valence-electron chi connectivity index (χ0n) is 14.4. The van der Waals surface area contributed by atoms with Gasteiger partial charge in [0.1, 0.15) is 11.6 Å². The van der Waals surface area contributed by atoms with Crippen molar-refractivity contribution in [3.8, 4) is 11.1 Å². The van der Waals surface area contributed by atoms with Crippen molar-refractivity contribution in [2.75, 3.05) is 0 Å². The van der Waals surface area contributed by atoms with Crippen molar-refractivity contribution < 1.29 is 22.0 Å². The lowest BCUT2D eigenvalue weighted by atomic mass is 9.84. The summed E-state index contributed by atoms with van der Waals surface area (Å²) in [6.07, 6.45) is 6.84. The van der Waals surface area contributed by atoms with Gasteiger partial charge in [0, 0.05) is 0 Å². The van der Waals surface area contributed by atoms with Crippen molar-refractivity contribution in [2.45, 2.75) is 39.0 Å². The summed E-state index contributed by atoms with van der Waals surface area (Å²) in [7, 11) is 0. The third-order valence-electron chi connectivity index (χ3n) is 4.90. The van der Waals surface area contributed by atoms with Crippen molar-refractivity contribution in [1.82, 2.24) is 0 Å². The van der Waals surface area contributed by atoms with E-state index in [0.717, 1.165) is 37.7 Å². The molecule has 0 aliphatic heterocycles. The van der Waals surface area contributed by atoms with Crippen molar-refractivity contribution in [2.24, 2.45) is 5.92 Å². The predicted octanol–water partition coefficient (Wildman–Crippen LogP) is 7.03. The maximum Gasteiger partial charge on any atom is 0.194 e. The fourth-order valence-electron chi connectivity index (χ4n) is 3.56. The quantitative estimate of drug-likeness (QED) is 0.402. The van der Waals surface area contributed by atoms with Crippen molar-refractivity contribution in [1.29, 1.82) is 0 Å². The molecule has 2 aromatic carbocycles. The molecule has 0 amide bonds. The summed E-state index contributed by atoms with van der Waals surface area (Å²) in [4.78, 5) is 0. The van der Waals surface area contributed by atoms with E-state index < -0.39 is 34.6 Å². The van der Waals surface area contributed by atoms with Crippen molar-refractivity contribution in [3.05, 3.63) is 65.0 Å². The molecular formula is C21H19F5. The van der Waals surface area contributed by atoms with Gasteiger partial charge in [-0.05, 0) is 66.1 Å². The van der Waals surface area contributed by atoms with Crippen LogP contribution in [0.2, 0.25) is 0 Å². The second kappa shape index (κ2) is 7.60. The molecule has 0 heterocycles. The van der Waals surface area contributed by atoms with Crippen LogP contribution in [0.1, 0.15) is 44.6 Å². The molecule has 1 unspecified atom stereocenters. The summed E-state index contributed by atoms with van der Waals surface area (Å²) < 4.78 is 68.9. The number of hydrogen-bond acceptors (Lipinski definition) is 0. The molecule has 0 saturated carbocycles. The van der Waals surface area contributed by atoms with Crippen LogP contribution in [0, 0.1) is 35.0 Å². The Morgan fingerprint density at radius 3 is 1.92 bits per heavy atom. The maximum absolute atomic E-state index is 14.5. The average molecular weight is 366 g/mol. The highest BCUT2D eigenvalue weighted by molar-refractivity contribution is 5.72. The van der Waals surface area contributed by atoms with Gasteiger partial charge in [-0.15, -0.1) is 0 Å². The predicted molar refractivity (Wildman–Crippen MR) is 91.9 cm³/mol. The second-order valence-corrected chi connectivity index (χ2v) is 6.73. The van der Waals surface area contributed by atoms with E-state index in [1.165, 1.54) is 12.1 Å². The molecule has 1 aliphatic carbocycles. The van der Waals surface area contributed by atoms with Gasteiger partial charge in [0.05, 0.1) is 5.56 Å². The van der Waals surface area contributed by atoms with Gasteiger partial charge >= 0.3 is 0 Å². The Morgan fingerprint density at radius 2 is 1.42 bits per heavy atom. The highest BCUT2D eigenvalue weighted by Gasteiger charge is 2.20. The van der Waals surface area contributed by atoms with Gasteiger partial charge in [0.2, 0.25) is 0 Å².